The van der Waals surface area contributed by atoms with Crippen molar-refractivity contribution in [3.63, 3.8) is 0 Å². The van der Waals surface area contributed by atoms with E-state index in [0.29, 0.717) is 46.0 Å². The zero-order valence-electron chi connectivity index (χ0n) is 27.8. The fraction of sp³-hybridized carbons (Fsp3) is 0.412. The Hall–Kier alpha value is -4.66. The van der Waals surface area contributed by atoms with E-state index in [0.717, 1.165) is 59.3 Å². The molecule has 0 N–H and O–H groups in total. The van der Waals surface area contributed by atoms with Crippen LogP contribution < -0.4 is 9.47 Å². The van der Waals surface area contributed by atoms with Gasteiger partial charge in [0.05, 0.1) is 41.4 Å². The van der Waals surface area contributed by atoms with Gasteiger partial charge in [-0.3, -0.25) is 9.36 Å². The third-order valence-corrected chi connectivity index (χ3v) is 9.39. The number of hydrogen-bond donors (Lipinski definition) is 0. The minimum absolute atomic E-state index is 0.145. The average molecular weight is 691 g/mol. The lowest BCUT2D eigenvalue weighted by atomic mass is 10.0. The summed E-state index contributed by atoms with van der Waals surface area (Å²) < 4.78 is 61.1. The molecule has 0 atom stereocenters. The van der Waals surface area contributed by atoms with Gasteiger partial charge in [0.2, 0.25) is 0 Å². The smallest absolute Gasteiger partial charge is 0.168 e. The van der Waals surface area contributed by atoms with Crippen LogP contribution in [0.15, 0.2) is 36.7 Å². The highest BCUT2D eigenvalue weighted by Crippen LogP contribution is 2.46. The summed E-state index contributed by atoms with van der Waals surface area (Å²) in [5.41, 5.74) is 6.34. The second-order valence-electron chi connectivity index (χ2n) is 12.8. The SMILES string of the molecule is Cc1cc(Oc2cn(CS(C)(=O)=O)nc2C2CC2)cc(C)c1C#N.Cc1cc(Oc2cnn(CS(C)(=O)=O)c2C2CC2)cc(C)c1C#N. The molecule has 4 aromatic rings. The van der Waals surface area contributed by atoms with Gasteiger partial charge in [0.1, 0.15) is 28.9 Å². The zero-order valence-corrected chi connectivity index (χ0v) is 29.4. The van der Waals surface area contributed by atoms with Gasteiger partial charge in [-0.15, -0.1) is 0 Å². The highest BCUT2D eigenvalue weighted by molar-refractivity contribution is 7.89. The molecule has 0 bridgehead atoms. The molecule has 48 heavy (non-hydrogen) atoms. The Balaban J connectivity index is 0.000000188. The van der Waals surface area contributed by atoms with Crippen LogP contribution in [0.3, 0.4) is 0 Å². The first-order valence-corrected chi connectivity index (χ1v) is 19.5. The average Bonchev–Trinajstić information content (AvgIpc) is 3.89. The van der Waals surface area contributed by atoms with Gasteiger partial charge in [-0.1, -0.05) is 0 Å². The van der Waals surface area contributed by atoms with Crippen LogP contribution in [0.4, 0.5) is 0 Å². The van der Waals surface area contributed by atoms with Gasteiger partial charge in [0.25, 0.3) is 0 Å². The molecule has 252 valence electrons. The molecule has 2 fully saturated rings. The van der Waals surface area contributed by atoms with Crippen LogP contribution in [-0.4, -0.2) is 48.9 Å². The Labute approximate surface area is 281 Å². The molecule has 12 nitrogen and oxygen atoms in total. The van der Waals surface area contributed by atoms with E-state index in [1.54, 1.807) is 12.4 Å². The molecule has 2 saturated carbocycles. The van der Waals surface area contributed by atoms with Crippen LogP contribution in [0.2, 0.25) is 0 Å². The Morgan fingerprint density at radius 1 is 0.750 bits per heavy atom. The first-order chi connectivity index (χ1) is 22.5. The first kappa shape index (κ1) is 34.7. The second kappa shape index (κ2) is 13.5. The molecular formula is C34H38N6O6S2. The van der Waals surface area contributed by atoms with Gasteiger partial charge >= 0.3 is 0 Å². The van der Waals surface area contributed by atoms with Crippen LogP contribution in [-0.2, 0) is 31.4 Å². The number of nitriles is 2. The molecule has 2 aliphatic carbocycles. The molecule has 2 aromatic heterocycles. The third kappa shape index (κ3) is 8.62. The standard InChI is InChI=1S/2C17H19N3O3S/c1-11-6-14(7-12(2)15(11)8-18)23-16-9-20(10-24(3,21)22)19-17(16)13-4-5-13;1-11-6-14(7-12(2)15(11)8-18)23-16-9-19-20(10-24(3,21)22)17(16)13-4-5-13/h2*6-7,9,13H,4-5,10H2,1-3H3. The molecule has 0 unspecified atom stereocenters. The number of hydrogen-bond acceptors (Lipinski definition) is 10. The van der Waals surface area contributed by atoms with Crippen LogP contribution in [0.5, 0.6) is 23.0 Å². The van der Waals surface area contributed by atoms with Gasteiger partial charge in [-0.2, -0.15) is 20.7 Å². The van der Waals surface area contributed by atoms with Crippen LogP contribution in [0, 0.1) is 50.4 Å². The molecule has 2 heterocycles. The predicted molar refractivity (Wildman–Crippen MR) is 180 cm³/mol. The monoisotopic (exact) mass is 690 g/mol. The third-order valence-electron chi connectivity index (χ3n) is 7.94. The molecule has 14 heteroatoms. The Morgan fingerprint density at radius 2 is 1.21 bits per heavy atom. The number of nitrogens with zero attached hydrogens (tertiary/aromatic N) is 6. The summed E-state index contributed by atoms with van der Waals surface area (Å²) in [6.45, 7) is 7.47. The van der Waals surface area contributed by atoms with E-state index in [-0.39, 0.29) is 11.8 Å². The molecule has 2 aliphatic rings. The number of aromatic nitrogens is 4. The van der Waals surface area contributed by atoms with Gasteiger partial charge in [-0.05, 0) is 99.9 Å². The van der Waals surface area contributed by atoms with Crippen LogP contribution in [0.1, 0.15) is 82.3 Å². The summed E-state index contributed by atoms with van der Waals surface area (Å²) in [4.78, 5) is 0. The maximum absolute atomic E-state index is 11.6. The van der Waals surface area contributed by atoms with Gasteiger partial charge in [0.15, 0.2) is 31.2 Å². The number of sulfone groups is 2. The fourth-order valence-electron chi connectivity index (χ4n) is 5.56. The molecule has 6 rings (SSSR count). The van der Waals surface area contributed by atoms with E-state index in [2.05, 4.69) is 22.3 Å². The normalized spacial score (nSPS) is 14.4. The highest BCUT2D eigenvalue weighted by Gasteiger charge is 2.33. The van der Waals surface area contributed by atoms with E-state index >= 15 is 0 Å². The van der Waals surface area contributed by atoms with Crippen molar-refractivity contribution in [1.29, 1.82) is 10.5 Å². The van der Waals surface area contributed by atoms with Gasteiger partial charge < -0.3 is 9.47 Å². The number of rotatable bonds is 10. The summed E-state index contributed by atoms with van der Waals surface area (Å²) in [6, 6.07) is 11.6. The quantitative estimate of drug-likeness (QED) is 0.190. The summed E-state index contributed by atoms with van der Waals surface area (Å²) >= 11 is 0. The van der Waals surface area contributed by atoms with Crippen molar-refractivity contribution in [3.05, 3.63) is 81.4 Å². The maximum atomic E-state index is 11.6. The van der Waals surface area contributed by atoms with E-state index < -0.39 is 19.7 Å². The second-order valence-corrected chi connectivity index (χ2v) is 17.0. The molecule has 0 aliphatic heterocycles. The van der Waals surface area contributed by atoms with Crippen molar-refractivity contribution in [2.45, 2.75) is 77.0 Å². The van der Waals surface area contributed by atoms with E-state index in [9.17, 15) is 16.8 Å². The number of ether oxygens (including phenoxy) is 2. The maximum Gasteiger partial charge on any atom is 0.168 e. The van der Waals surface area contributed by atoms with Crippen molar-refractivity contribution >= 4 is 19.7 Å². The predicted octanol–water partition coefficient (Wildman–Crippen LogP) is 6.09. The molecular weight excluding hydrogens is 653 g/mol. The van der Waals surface area contributed by atoms with Crippen molar-refractivity contribution in [3.8, 4) is 35.1 Å². The van der Waals surface area contributed by atoms with Crippen molar-refractivity contribution in [2.75, 3.05) is 12.5 Å². The van der Waals surface area contributed by atoms with Gasteiger partial charge in [-0.25, -0.2) is 16.8 Å². The lowest BCUT2D eigenvalue weighted by Gasteiger charge is -2.11. The summed E-state index contributed by atoms with van der Waals surface area (Å²) in [7, 11) is -6.35. The first-order valence-electron chi connectivity index (χ1n) is 15.4. The lowest BCUT2D eigenvalue weighted by Crippen LogP contribution is -2.12. The summed E-state index contributed by atoms with van der Waals surface area (Å²) in [5, 5.41) is 26.9. The molecule has 0 radical (unpaired) electrons. The van der Waals surface area contributed by atoms with Gasteiger partial charge in [0, 0.05) is 24.3 Å². The molecule has 0 spiro atoms. The Bertz CT molecular complexity index is 2060. The van der Waals surface area contributed by atoms with Crippen molar-refractivity contribution in [1.82, 2.24) is 19.6 Å². The van der Waals surface area contributed by atoms with E-state index in [1.807, 2.05) is 52.0 Å². The number of benzene rings is 2. The number of aryl methyl sites for hydroxylation is 4. The largest absolute Gasteiger partial charge is 0.454 e. The Kier molecular flexibility index (Phi) is 9.72. The highest BCUT2D eigenvalue weighted by atomic mass is 32.2. The summed E-state index contributed by atoms with van der Waals surface area (Å²) in [5.74, 6) is 2.75. The van der Waals surface area contributed by atoms with E-state index in [1.165, 1.54) is 21.9 Å². The minimum Gasteiger partial charge on any atom is -0.454 e. The fourth-order valence-corrected chi connectivity index (χ4v) is 6.83. The summed E-state index contributed by atoms with van der Waals surface area (Å²) in [6.07, 6.45) is 9.68. The minimum atomic E-state index is -3.18. The van der Waals surface area contributed by atoms with Crippen LogP contribution in [0.25, 0.3) is 0 Å². The Morgan fingerprint density at radius 3 is 1.62 bits per heavy atom. The van der Waals surface area contributed by atoms with Crippen molar-refractivity contribution < 1.29 is 26.3 Å². The van der Waals surface area contributed by atoms with Crippen molar-refractivity contribution in [2.24, 2.45) is 0 Å². The molecule has 2 aromatic carbocycles. The zero-order chi connectivity index (χ0) is 35.0. The molecule has 0 amide bonds. The topological polar surface area (TPSA) is 170 Å². The van der Waals surface area contributed by atoms with E-state index in [4.69, 9.17) is 20.0 Å². The lowest BCUT2D eigenvalue weighted by molar-refractivity contribution is 0.472. The van der Waals surface area contributed by atoms with Crippen LogP contribution >= 0.6 is 0 Å². The molecule has 0 saturated heterocycles.